The minimum atomic E-state index is 0.852. The van der Waals surface area contributed by atoms with Gasteiger partial charge in [0.2, 0.25) is 0 Å². The topological polar surface area (TPSA) is 55.6 Å². The Morgan fingerprint density at radius 1 is 1.39 bits per heavy atom. The third kappa shape index (κ3) is 3.08. The van der Waals surface area contributed by atoms with E-state index in [0.717, 1.165) is 23.3 Å². The van der Waals surface area contributed by atoms with Crippen LogP contribution in [-0.4, -0.2) is 26.3 Å². The van der Waals surface area contributed by atoms with Crippen LogP contribution in [0, 0.1) is 6.92 Å². The van der Waals surface area contributed by atoms with Crippen LogP contribution in [0.5, 0.6) is 0 Å². The van der Waals surface area contributed by atoms with Crippen molar-refractivity contribution in [1.29, 1.82) is 0 Å². The van der Waals surface area contributed by atoms with Crippen molar-refractivity contribution in [2.45, 2.75) is 30.6 Å². The van der Waals surface area contributed by atoms with Crippen molar-refractivity contribution < 1.29 is 0 Å². The average molecular weight is 263 g/mol. The molecule has 0 aliphatic heterocycles. The maximum absolute atomic E-state index is 4.49. The van der Waals surface area contributed by atoms with Crippen molar-refractivity contribution in [2.24, 2.45) is 7.05 Å². The number of pyridine rings is 1. The Hall–Kier alpha value is -1.40. The summed E-state index contributed by atoms with van der Waals surface area (Å²) in [6, 6.07) is 2.16. The van der Waals surface area contributed by atoms with E-state index < -0.39 is 0 Å². The minimum Gasteiger partial charge on any atom is -0.313 e. The molecule has 0 atom stereocenters. The van der Waals surface area contributed by atoms with Crippen LogP contribution in [0.15, 0.2) is 28.8 Å². The summed E-state index contributed by atoms with van der Waals surface area (Å²) in [4.78, 5) is 8.68. The summed E-state index contributed by atoms with van der Waals surface area (Å²) in [7, 11) is 1.88. The molecule has 0 aliphatic rings. The van der Waals surface area contributed by atoms with E-state index in [1.807, 2.05) is 13.2 Å². The van der Waals surface area contributed by atoms with E-state index in [1.54, 1.807) is 11.0 Å². The second-order valence-corrected chi connectivity index (χ2v) is 4.97. The smallest absolute Gasteiger partial charge is 0.192 e. The first-order chi connectivity index (χ1) is 8.70. The number of rotatable bonds is 5. The Kier molecular flexibility index (Phi) is 4.33. The zero-order valence-corrected chi connectivity index (χ0v) is 11.7. The summed E-state index contributed by atoms with van der Waals surface area (Å²) in [6.07, 6.45) is 3.46. The predicted molar refractivity (Wildman–Crippen MR) is 71.5 cm³/mol. The highest BCUT2D eigenvalue weighted by molar-refractivity contribution is 7.99. The Morgan fingerprint density at radius 2 is 2.22 bits per heavy atom. The summed E-state index contributed by atoms with van der Waals surface area (Å²) in [5, 5.41) is 9.17. The fourth-order valence-electron chi connectivity index (χ4n) is 1.56. The summed E-state index contributed by atoms with van der Waals surface area (Å²) in [5.74, 6) is 0. The molecule has 6 heteroatoms. The van der Waals surface area contributed by atoms with E-state index in [4.69, 9.17) is 0 Å². The van der Waals surface area contributed by atoms with Crippen LogP contribution in [0.1, 0.15) is 18.1 Å². The van der Waals surface area contributed by atoms with Gasteiger partial charge >= 0.3 is 0 Å². The maximum Gasteiger partial charge on any atom is 0.192 e. The van der Waals surface area contributed by atoms with Crippen molar-refractivity contribution in [3.8, 4) is 0 Å². The highest BCUT2D eigenvalue weighted by Gasteiger charge is 2.08. The molecule has 2 aromatic heterocycles. The first kappa shape index (κ1) is 13.0. The lowest BCUT2D eigenvalue weighted by Crippen LogP contribution is -2.12. The van der Waals surface area contributed by atoms with E-state index >= 15 is 0 Å². The molecule has 5 nitrogen and oxygen atoms in total. The molecule has 96 valence electrons. The quantitative estimate of drug-likeness (QED) is 0.891. The lowest BCUT2D eigenvalue weighted by atomic mass is 10.2. The fraction of sp³-hybridized carbons (Fsp3) is 0.417. The van der Waals surface area contributed by atoms with Crippen LogP contribution in [0.2, 0.25) is 0 Å². The van der Waals surface area contributed by atoms with E-state index in [0.29, 0.717) is 0 Å². The van der Waals surface area contributed by atoms with Gasteiger partial charge in [0.25, 0.3) is 0 Å². The molecule has 18 heavy (non-hydrogen) atoms. The number of nitrogens with one attached hydrogen (secondary N) is 1. The van der Waals surface area contributed by atoms with Crippen LogP contribution in [-0.2, 0) is 13.6 Å². The van der Waals surface area contributed by atoms with Crippen molar-refractivity contribution >= 4 is 11.8 Å². The lowest BCUT2D eigenvalue weighted by Gasteiger charge is -2.07. The second-order valence-electron chi connectivity index (χ2n) is 4.01. The SMILES string of the molecule is CCNCc1cnc(Sc2ncnn2C)c(C)c1. The van der Waals surface area contributed by atoms with E-state index in [2.05, 4.69) is 40.3 Å². The molecule has 0 amide bonds. The van der Waals surface area contributed by atoms with Crippen molar-refractivity contribution in [3.05, 3.63) is 29.7 Å². The standard InChI is InChI=1S/C12H17N5S/c1-4-13-6-10-5-9(2)11(14-7-10)18-12-15-8-16-17(12)3/h5,7-8,13H,4,6H2,1-3H3. The number of hydrogen-bond acceptors (Lipinski definition) is 5. The molecule has 0 fully saturated rings. The number of hydrogen-bond donors (Lipinski definition) is 1. The zero-order valence-electron chi connectivity index (χ0n) is 10.8. The van der Waals surface area contributed by atoms with Gasteiger partial charge in [0, 0.05) is 19.8 Å². The van der Waals surface area contributed by atoms with Gasteiger partial charge in [0.15, 0.2) is 5.16 Å². The van der Waals surface area contributed by atoms with Gasteiger partial charge < -0.3 is 5.32 Å². The van der Waals surface area contributed by atoms with E-state index in [-0.39, 0.29) is 0 Å². The molecule has 2 heterocycles. The van der Waals surface area contributed by atoms with Crippen LogP contribution in [0.3, 0.4) is 0 Å². The van der Waals surface area contributed by atoms with Gasteiger partial charge in [-0.05, 0) is 36.4 Å². The predicted octanol–water partition coefficient (Wildman–Crippen LogP) is 1.78. The minimum absolute atomic E-state index is 0.852. The number of aromatic nitrogens is 4. The first-order valence-electron chi connectivity index (χ1n) is 5.88. The Balaban J connectivity index is 2.12. The van der Waals surface area contributed by atoms with Crippen LogP contribution < -0.4 is 5.32 Å². The first-order valence-corrected chi connectivity index (χ1v) is 6.70. The Bertz CT molecular complexity index is 523. The molecule has 0 bridgehead atoms. The van der Waals surface area contributed by atoms with Gasteiger partial charge in [0.05, 0.1) is 0 Å². The molecule has 1 N–H and O–H groups in total. The van der Waals surface area contributed by atoms with Gasteiger partial charge in [-0.2, -0.15) is 5.10 Å². The van der Waals surface area contributed by atoms with Crippen molar-refractivity contribution in [1.82, 2.24) is 25.1 Å². The summed E-state index contributed by atoms with van der Waals surface area (Å²) in [5.41, 5.74) is 2.37. The van der Waals surface area contributed by atoms with Crippen molar-refractivity contribution in [3.63, 3.8) is 0 Å². The normalized spacial score (nSPS) is 10.8. The monoisotopic (exact) mass is 263 g/mol. The molecule has 0 radical (unpaired) electrons. The number of aryl methyl sites for hydroxylation is 2. The highest BCUT2D eigenvalue weighted by Crippen LogP contribution is 2.26. The molecule has 2 rings (SSSR count). The molecule has 0 saturated heterocycles. The molecular weight excluding hydrogens is 246 g/mol. The van der Waals surface area contributed by atoms with Crippen molar-refractivity contribution in [2.75, 3.05) is 6.54 Å². The maximum atomic E-state index is 4.49. The second kappa shape index (κ2) is 5.97. The average Bonchev–Trinajstić information content (AvgIpc) is 2.75. The van der Waals surface area contributed by atoms with Crippen LogP contribution in [0.4, 0.5) is 0 Å². The summed E-state index contributed by atoms with van der Waals surface area (Å²) in [6.45, 7) is 5.99. The third-order valence-corrected chi connectivity index (χ3v) is 3.70. The third-order valence-electron chi connectivity index (χ3n) is 2.52. The molecule has 0 aliphatic carbocycles. The lowest BCUT2D eigenvalue weighted by molar-refractivity contribution is 0.684. The van der Waals surface area contributed by atoms with E-state index in [9.17, 15) is 0 Å². The molecular formula is C12H17N5S. The molecule has 2 aromatic rings. The fourth-order valence-corrected chi connectivity index (χ4v) is 2.34. The largest absolute Gasteiger partial charge is 0.313 e. The summed E-state index contributed by atoms with van der Waals surface area (Å²) >= 11 is 1.54. The van der Waals surface area contributed by atoms with Gasteiger partial charge in [-0.15, -0.1) is 0 Å². The van der Waals surface area contributed by atoms with Crippen LogP contribution in [0.25, 0.3) is 0 Å². The Labute approximate surface area is 111 Å². The molecule has 0 unspecified atom stereocenters. The van der Waals surface area contributed by atoms with Gasteiger partial charge in [-0.3, -0.25) is 0 Å². The molecule has 0 saturated carbocycles. The zero-order chi connectivity index (χ0) is 13.0. The Morgan fingerprint density at radius 3 is 2.83 bits per heavy atom. The van der Waals surface area contributed by atoms with Crippen LogP contribution >= 0.6 is 11.8 Å². The molecule has 0 aromatic carbocycles. The number of nitrogens with zero attached hydrogens (tertiary/aromatic N) is 4. The highest BCUT2D eigenvalue weighted by atomic mass is 32.2. The van der Waals surface area contributed by atoms with Gasteiger partial charge in [-0.1, -0.05) is 13.0 Å². The van der Waals surface area contributed by atoms with Gasteiger partial charge in [0.1, 0.15) is 11.4 Å². The summed E-state index contributed by atoms with van der Waals surface area (Å²) < 4.78 is 1.75. The molecule has 0 spiro atoms. The van der Waals surface area contributed by atoms with E-state index in [1.165, 1.54) is 22.9 Å². The van der Waals surface area contributed by atoms with Gasteiger partial charge in [-0.25, -0.2) is 14.6 Å².